The molecular formula is C34H38BrClN4O3. The smallest absolute Gasteiger partial charge is 0.328 e. The van der Waals surface area contributed by atoms with Crippen LogP contribution in [0.25, 0.3) is 0 Å². The lowest BCUT2D eigenvalue weighted by Crippen LogP contribution is -2.56. The average Bonchev–Trinajstić information content (AvgIpc) is 3.86. The van der Waals surface area contributed by atoms with Crippen LogP contribution in [0.1, 0.15) is 54.8 Å². The number of hydrogen-bond donors (Lipinski definition) is 1. The monoisotopic (exact) mass is 664 g/mol. The minimum atomic E-state index is -0.849. The summed E-state index contributed by atoms with van der Waals surface area (Å²) >= 11 is 3.47. The summed E-state index contributed by atoms with van der Waals surface area (Å²) < 4.78 is 0.960. The predicted octanol–water partition coefficient (Wildman–Crippen LogP) is 6.33. The summed E-state index contributed by atoms with van der Waals surface area (Å²) in [5, 5.41) is 3.28. The molecule has 3 fully saturated rings. The van der Waals surface area contributed by atoms with Gasteiger partial charge in [0.25, 0.3) is 5.91 Å². The van der Waals surface area contributed by atoms with Crippen LogP contribution in [0.15, 0.2) is 89.4 Å². The third kappa shape index (κ3) is 6.97. The summed E-state index contributed by atoms with van der Waals surface area (Å²) in [6, 6.07) is 27.6. The van der Waals surface area contributed by atoms with Crippen molar-refractivity contribution < 1.29 is 14.4 Å². The maximum Gasteiger partial charge on any atom is 0.328 e. The quantitative estimate of drug-likeness (QED) is 0.257. The highest BCUT2D eigenvalue weighted by atomic mass is 79.9. The molecule has 1 spiro atoms. The fourth-order valence-corrected chi connectivity index (χ4v) is 6.53. The molecule has 3 aliphatic rings. The highest BCUT2D eigenvalue weighted by Crippen LogP contribution is 2.39. The number of amides is 4. The molecule has 3 aromatic carbocycles. The number of nitrogens with zero attached hydrogens (tertiary/aromatic N) is 3. The van der Waals surface area contributed by atoms with Crippen LogP contribution in [-0.4, -0.2) is 57.7 Å². The Balaban J connectivity index is 0.00000368. The number of halogens is 2. The first kappa shape index (κ1) is 31.2. The Morgan fingerprint density at radius 3 is 2.09 bits per heavy atom. The molecule has 226 valence electrons. The van der Waals surface area contributed by atoms with Crippen molar-refractivity contribution in [2.75, 3.05) is 19.6 Å². The lowest BCUT2D eigenvalue weighted by molar-refractivity contribution is -0.136. The van der Waals surface area contributed by atoms with Crippen molar-refractivity contribution in [1.82, 2.24) is 20.0 Å². The molecule has 0 radical (unpaired) electrons. The van der Waals surface area contributed by atoms with Gasteiger partial charge in [0, 0.05) is 36.6 Å². The number of carbonyl (C=O) groups excluding carboxylic acids is 3. The summed E-state index contributed by atoms with van der Waals surface area (Å²) in [5.74, 6) is 0.219. The van der Waals surface area contributed by atoms with Gasteiger partial charge in [-0.25, -0.2) is 4.79 Å². The molecule has 3 aromatic rings. The first-order chi connectivity index (χ1) is 20.4. The van der Waals surface area contributed by atoms with Crippen LogP contribution in [0, 0.1) is 5.92 Å². The minimum absolute atomic E-state index is 0. The fourth-order valence-electron chi connectivity index (χ4n) is 6.26. The minimum Gasteiger partial charge on any atom is -0.349 e. The van der Waals surface area contributed by atoms with Crippen LogP contribution >= 0.6 is 28.3 Å². The van der Waals surface area contributed by atoms with E-state index in [0.717, 1.165) is 47.0 Å². The van der Waals surface area contributed by atoms with E-state index in [1.807, 2.05) is 77.7 Å². The van der Waals surface area contributed by atoms with Crippen molar-refractivity contribution in [3.8, 4) is 0 Å². The Labute approximate surface area is 268 Å². The highest BCUT2D eigenvalue weighted by Gasteiger charge is 2.57. The second-order valence-electron chi connectivity index (χ2n) is 11.8. The third-order valence-corrected chi connectivity index (χ3v) is 9.47. The van der Waals surface area contributed by atoms with E-state index in [9.17, 15) is 14.4 Å². The number of rotatable bonds is 10. The van der Waals surface area contributed by atoms with Gasteiger partial charge in [0.05, 0.1) is 12.6 Å². The Morgan fingerprint density at radius 1 is 0.860 bits per heavy atom. The molecule has 0 unspecified atom stereocenters. The summed E-state index contributed by atoms with van der Waals surface area (Å²) in [4.78, 5) is 46.2. The number of benzene rings is 3. The summed E-state index contributed by atoms with van der Waals surface area (Å²) in [6.07, 6.45) is 3.93. The van der Waals surface area contributed by atoms with Crippen LogP contribution < -0.4 is 5.32 Å². The van der Waals surface area contributed by atoms with E-state index in [4.69, 9.17) is 0 Å². The lowest BCUT2D eigenvalue weighted by atomic mass is 9.85. The number of hydrogen-bond acceptors (Lipinski definition) is 4. The standard InChI is InChI=1S/C34H37BrN4O3.ClH/c35-29-15-11-26(12-16-29)23-38-32(41)34(39(33(38)42)24-25-7-3-1-4-8-25)18-21-37(22-19-34)20-17-30(27-9-5-2-6-10-27)36-31(40)28-13-14-28;/h1-12,15-16,28,30H,13-14,17-24H2,(H,36,40);1H/t30-;/m0./s1. The zero-order valence-corrected chi connectivity index (χ0v) is 26.6. The summed E-state index contributed by atoms with van der Waals surface area (Å²) in [5.41, 5.74) is 2.21. The van der Waals surface area contributed by atoms with E-state index in [0.29, 0.717) is 32.5 Å². The number of urea groups is 1. The number of nitrogens with one attached hydrogen (secondary N) is 1. The van der Waals surface area contributed by atoms with Crippen molar-refractivity contribution in [3.05, 3.63) is 106 Å². The number of carbonyl (C=O) groups is 3. The number of piperidine rings is 1. The molecule has 0 bridgehead atoms. The summed E-state index contributed by atoms with van der Waals surface area (Å²) in [7, 11) is 0. The fraction of sp³-hybridized carbons (Fsp3) is 0.382. The average molecular weight is 666 g/mol. The molecule has 6 rings (SSSR count). The Bertz CT molecular complexity index is 1410. The van der Waals surface area contributed by atoms with Gasteiger partial charge in [-0.3, -0.25) is 14.5 Å². The second kappa shape index (κ2) is 13.6. The van der Waals surface area contributed by atoms with Crippen LogP contribution in [0.3, 0.4) is 0 Å². The first-order valence-corrected chi connectivity index (χ1v) is 15.7. The van der Waals surface area contributed by atoms with E-state index in [2.05, 4.69) is 38.3 Å². The molecule has 1 N–H and O–H groups in total. The molecule has 9 heteroatoms. The molecule has 2 heterocycles. The molecule has 2 saturated heterocycles. The van der Waals surface area contributed by atoms with Gasteiger partial charge in [-0.15, -0.1) is 12.4 Å². The Kier molecular flexibility index (Phi) is 9.89. The van der Waals surface area contributed by atoms with E-state index >= 15 is 0 Å². The van der Waals surface area contributed by atoms with Crippen molar-refractivity contribution >= 4 is 46.2 Å². The molecule has 1 atom stereocenters. The summed E-state index contributed by atoms with van der Waals surface area (Å²) in [6.45, 7) is 2.92. The van der Waals surface area contributed by atoms with Gasteiger partial charge >= 0.3 is 6.03 Å². The van der Waals surface area contributed by atoms with Gasteiger partial charge in [-0.05, 0) is 60.9 Å². The van der Waals surface area contributed by atoms with Crippen LogP contribution in [-0.2, 0) is 22.7 Å². The molecule has 0 aromatic heterocycles. The van der Waals surface area contributed by atoms with Crippen molar-refractivity contribution in [3.63, 3.8) is 0 Å². The largest absolute Gasteiger partial charge is 0.349 e. The Morgan fingerprint density at radius 2 is 1.47 bits per heavy atom. The van der Waals surface area contributed by atoms with Gasteiger partial charge in [0.1, 0.15) is 5.54 Å². The SMILES string of the molecule is Cl.O=C(N[C@@H](CCN1CCC2(CC1)C(=O)N(Cc1ccc(Br)cc1)C(=O)N2Cc1ccccc1)c1ccccc1)C1CC1. The van der Waals surface area contributed by atoms with Gasteiger partial charge in [0.2, 0.25) is 5.91 Å². The van der Waals surface area contributed by atoms with Gasteiger partial charge in [-0.2, -0.15) is 0 Å². The van der Waals surface area contributed by atoms with Gasteiger partial charge in [0.15, 0.2) is 0 Å². The molecule has 1 aliphatic carbocycles. The van der Waals surface area contributed by atoms with Gasteiger partial charge in [-0.1, -0.05) is 88.7 Å². The third-order valence-electron chi connectivity index (χ3n) is 8.94. The molecule has 2 aliphatic heterocycles. The molecule has 1 saturated carbocycles. The van der Waals surface area contributed by atoms with Crippen LogP contribution in [0.4, 0.5) is 4.79 Å². The highest BCUT2D eigenvalue weighted by molar-refractivity contribution is 9.10. The molecule has 43 heavy (non-hydrogen) atoms. The number of likely N-dealkylation sites (tertiary alicyclic amines) is 1. The number of imide groups is 1. The van der Waals surface area contributed by atoms with Crippen molar-refractivity contribution in [2.24, 2.45) is 5.92 Å². The molecule has 4 amide bonds. The normalized spacial score (nSPS) is 18.9. The topological polar surface area (TPSA) is 73.0 Å². The van der Waals surface area contributed by atoms with E-state index in [-0.39, 0.29) is 48.8 Å². The lowest BCUT2D eigenvalue weighted by Gasteiger charge is -2.42. The van der Waals surface area contributed by atoms with Gasteiger partial charge < -0.3 is 15.1 Å². The maximum absolute atomic E-state index is 14.1. The molecule has 7 nitrogen and oxygen atoms in total. The Hall–Kier alpha value is -3.20. The van der Waals surface area contributed by atoms with Crippen LogP contribution in [0.5, 0.6) is 0 Å². The first-order valence-electron chi connectivity index (χ1n) is 14.9. The van der Waals surface area contributed by atoms with E-state index in [1.165, 1.54) is 4.90 Å². The maximum atomic E-state index is 14.1. The van der Waals surface area contributed by atoms with Crippen molar-refractivity contribution in [1.29, 1.82) is 0 Å². The van der Waals surface area contributed by atoms with Crippen molar-refractivity contribution in [2.45, 2.75) is 56.8 Å². The zero-order chi connectivity index (χ0) is 29.1. The zero-order valence-electron chi connectivity index (χ0n) is 24.2. The predicted molar refractivity (Wildman–Crippen MR) is 172 cm³/mol. The van der Waals surface area contributed by atoms with E-state index in [1.54, 1.807) is 0 Å². The molecular weight excluding hydrogens is 628 g/mol. The second-order valence-corrected chi connectivity index (χ2v) is 12.7. The van der Waals surface area contributed by atoms with Crippen LogP contribution in [0.2, 0.25) is 0 Å². The van der Waals surface area contributed by atoms with E-state index < -0.39 is 5.54 Å².